The fourth-order valence-corrected chi connectivity index (χ4v) is 1.86. The molecule has 0 heterocycles. The van der Waals surface area contributed by atoms with Crippen molar-refractivity contribution in [1.29, 1.82) is 0 Å². The molecule has 0 spiro atoms. The van der Waals surface area contributed by atoms with Crippen molar-refractivity contribution < 1.29 is 9.84 Å². The summed E-state index contributed by atoms with van der Waals surface area (Å²) in [6.45, 7) is 3.69. The third-order valence-electron chi connectivity index (χ3n) is 2.04. The van der Waals surface area contributed by atoms with Crippen LogP contribution >= 0.6 is 11.6 Å². The van der Waals surface area contributed by atoms with Crippen molar-refractivity contribution >= 4 is 11.6 Å². The Hall–Kier alpha value is -0.730. The zero-order valence-electron chi connectivity index (χ0n) is 8.67. The van der Waals surface area contributed by atoms with Gasteiger partial charge in [-0.25, -0.2) is 0 Å². The number of halogens is 1. The van der Waals surface area contributed by atoms with E-state index in [0.29, 0.717) is 11.4 Å². The Morgan fingerprint density at radius 3 is 2.64 bits per heavy atom. The SMILES string of the molecule is COc1c(C)cc(Cl)cc1CC(C)O. The third kappa shape index (κ3) is 2.63. The normalized spacial score (nSPS) is 12.6. The van der Waals surface area contributed by atoms with E-state index in [-0.39, 0.29) is 6.10 Å². The zero-order chi connectivity index (χ0) is 10.7. The summed E-state index contributed by atoms with van der Waals surface area (Å²) in [7, 11) is 1.63. The van der Waals surface area contributed by atoms with E-state index >= 15 is 0 Å². The van der Waals surface area contributed by atoms with Gasteiger partial charge in [-0.05, 0) is 37.1 Å². The molecule has 0 saturated heterocycles. The average Bonchev–Trinajstić information content (AvgIpc) is 2.01. The number of ether oxygens (including phenoxy) is 1. The van der Waals surface area contributed by atoms with Crippen LogP contribution in [0.4, 0.5) is 0 Å². The Morgan fingerprint density at radius 2 is 2.14 bits per heavy atom. The van der Waals surface area contributed by atoms with Gasteiger partial charge >= 0.3 is 0 Å². The lowest BCUT2D eigenvalue weighted by Gasteiger charge is -2.13. The van der Waals surface area contributed by atoms with Crippen LogP contribution in [-0.2, 0) is 6.42 Å². The molecule has 3 heteroatoms. The summed E-state index contributed by atoms with van der Waals surface area (Å²) in [6, 6.07) is 3.69. The Kier molecular flexibility index (Phi) is 3.78. The molecule has 1 aromatic rings. The van der Waals surface area contributed by atoms with Gasteiger partial charge in [0.25, 0.3) is 0 Å². The van der Waals surface area contributed by atoms with Gasteiger partial charge in [-0.15, -0.1) is 0 Å². The minimum Gasteiger partial charge on any atom is -0.496 e. The lowest BCUT2D eigenvalue weighted by atomic mass is 10.0. The fourth-order valence-electron chi connectivity index (χ4n) is 1.56. The van der Waals surface area contributed by atoms with Crippen molar-refractivity contribution in [2.24, 2.45) is 0 Å². The summed E-state index contributed by atoms with van der Waals surface area (Å²) in [5.41, 5.74) is 1.95. The largest absolute Gasteiger partial charge is 0.496 e. The molecule has 14 heavy (non-hydrogen) atoms. The van der Waals surface area contributed by atoms with Crippen LogP contribution in [-0.4, -0.2) is 18.3 Å². The number of aliphatic hydroxyl groups is 1. The first-order chi connectivity index (χ1) is 6.54. The Bertz CT molecular complexity index is 321. The van der Waals surface area contributed by atoms with E-state index < -0.39 is 0 Å². The number of rotatable bonds is 3. The summed E-state index contributed by atoms with van der Waals surface area (Å²) >= 11 is 5.93. The van der Waals surface area contributed by atoms with E-state index in [9.17, 15) is 5.11 Å². The van der Waals surface area contributed by atoms with E-state index in [4.69, 9.17) is 16.3 Å². The molecule has 1 atom stereocenters. The molecular formula is C11H15ClO2. The van der Waals surface area contributed by atoms with Gasteiger partial charge in [0.2, 0.25) is 0 Å². The number of hydrogen-bond donors (Lipinski definition) is 1. The minimum absolute atomic E-state index is 0.387. The highest BCUT2D eigenvalue weighted by Crippen LogP contribution is 2.28. The van der Waals surface area contributed by atoms with Crippen LogP contribution in [0.5, 0.6) is 5.75 Å². The second kappa shape index (κ2) is 4.67. The smallest absolute Gasteiger partial charge is 0.125 e. The van der Waals surface area contributed by atoms with Crippen LogP contribution in [0.15, 0.2) is 12.1 Å². The minimum atomic E-state index is -0.387. The maximum Gasteiger partial charge on any atom is 0.125 e. The molecule has 0 aliphatic heterocycles. The molecule has 0 aromatic heterocycles. The Morgan fingerprint density at radius 1 is 1.50 bits per heavy atom. The van der Waals surface area contributed by atoms with Crippen molar-refractivity contribution in [2.45, 2.75) is 26.4 Å². The van der Waals surface area contributed by atoms with Crippen LogP contribution in [0.25, 0.3) is 0 Å². The predicted molar refractivity (Wildman–Crippen MR) is 58.1 cm³/mol. The zero-order valence-corrected chi connectivity index (χ0v) is 9.43. The van der Waals surface area contributed by atoms with Gasteiger partial charge in [0, 0.05) is 11.4 Å². The molecule has 2 nitrogen and oxygen atoms in total. The third-order valence-corrected chi connectivity index (χ3v) is 2.25. The summed E-state index contributed by atoms with van der Waals surface area (Å²) in [6.07, 6.45) is 0.173. The highest BCUT2D eigenvalue weighted by molar-refractivity contribution is 6.30. The molecule has 1 rings (SSSR count). The van der Waals surface area contributed by atoms with Crippen molar-refractivity contribution in [1.82, 2.24) is 0 Å². The molecule has 0 radical (unpaired) electrons. The molecule has 0 aliphatic rings. The molecule has 0 aliphatic carbocycles. The predicted octanol–water partition coefficient (Wildman–Crippen LogP) is 2.58. The lowest BCUT2D eigenvalue weighted by Crippen LogP contribution is -2.06. The van der Waals surface area contributed by atoms with E-state index in [0.717, 1.165) is 16.9 Å². The summed E-state index contributed by atoms with van der Waals surface area (Å²) in [5.74, 6) is 0.815. The first-order valence-corrected chi connectivity index (χ1v) is 4.93. The van der Waals surface area contributed by atoms with Gasteiger partial charge in [-0.1, -0.05) is 11.6 Å². The molecule has 1 aromatic carbocycles. The number of aryl methyl sites for hydroxylation is 1. The van der Waals surface area contributed by atoms with Crippen LogP contribution in [0.1, 0.15) is 18.1 Å². The molecular weight excluding hydrogens is 200 g/mol. The van der Waals surface area contributed by atoms with Crippen molar-refractivity contribution in [3.05, 3.63) is 28.3 Å². The van der Waals surface area contributed by atoms with Gasteiger partial charge < -0.3 is 9.84 Å². The van der Waals surface area contributed by atoms with E-state index in [1.54, 1.807) is 14.0 Å². The standard InChI is InChI=1S/C11H15ClO2/c1-7-4-10(12)6-9(5-8(2)13)11(7)14-3/h4,6,8,13H,5H2,1-3H3. The quantitative estimate of drug-likeness (QED) is 0.838. The molecule has 1 unspecified atom stereocenters. The van der Waals surface area contributed by atoms with E-state index in [2.05, 4.69) is 0 Å². The van der Waals surface area contributed by atoms with Gasteiger partial charge in [0.1, 0.15) is 5.75 Å². The van der Waals surface area contributed by atoms with Crippen LogP contribution in [0.2, 0.25) is 5.02 Å². The van der Waals surface area contributed by atoms with Crippen molar-refractivity contribution in [3.63, 3.8) is 0 Å². The molecule has 0 fully saturated rings. The van der Waals surface area contributed by atoms with Crippen LogP contribution in [0.3, 0.4) is 0 Å². The first-order valence-electron chi connectivity index (χ1n) is 4.55. The van der Waals surface area contributed by atoms with Gasteiger partial charge in [0.05, 0.1) is 13.2 Å². The second-order valence-electron chi connectivity index (χ2n) is 3.47. The Balaban J connectivity index is 3.11. The number of hydrogen-bond acceptors (Lipinski definition) is 2. The monoisotopic (exact) mass is 214 g/mol. The number of aliphatic hydroxyl groups excluding tert-OH is 1. The Labute approximate surface area is 89.5 Å². The fraction of sp³-hybridized carbons (Fsp3) is 0.455. The van der Waals surface area contributed by atoms with Crippen LogP contribution in [0, 0.1) is 6.92 Å². The molecule has 1 N–H and O–H groups in total. The molecule has 0 saturated carbocycles. The summed E-state index contributed by atoms with van der Waals surface area (Å²) in [4.78, 5) is 0. The van der Waals surface area contributed by atoms with Crippen molar-refractivity contribution in [2.75, 3.05) is 7.11 Å². The second-order valence-corrected chi connectivity index (χ2v) is 3.90. The summed E-state index contributed by atoms with van der Waals surface area (Å²) < 4.78 is 5.26. The number of methoxy groups -OCH3 is 1. The molecule has 0 amide bonds. The first kappa shape index (κ1) is 11.3. The van der Waals surface area contributed by atoms with Gasteiger partial charge in [0.15, 0.2) is 0 Å². The topological polar surface area (TPSA) is 29.5 Å². The molecule has 78 valence electrons. The maximum absolute atomic E-state index is 9.31. The van der Waals surface area contributed by atoms with Gasteiger partial charge in [-0.3, -0.25) is 0 Å². The number of benzene rings is 1. The summed E-state index contributed by atoms with van der Waals surface area (Å²) in [5, 5.41) is 9.99. The van der Waals surface area contributed by atoms with Crippen LogP contribution < -0.4 is 4.74 Å². The van der Waals surface area contributed by atoms with E-state index in [1.165, 1.54) is 0 Å². The average molecular weight is 215 g/mol. The lowest BCUT2D eigenvalue weighted by molar-refractivity contribution is 0.194. The van der Waals surface area contributed by atoms with Gasteiger partial charge in [-0.2, -0.15) is 0 Å². The maximum atomic E-state index is 9.31. The van der Waals surface area contributed by atoms with E-state index in [1.807, 2.05) is 19.1 Å². The highest BCUT2D eigenvalue weighted by Gasteiger charge is 2.10. The van der Waals surface area contributed by atoms with Crippen molar-refractivity contribution in [3.8, 4) is 5.75 Å². The molecule has 0 bridgehead atoms. The highest BCUT2D eigenvalue weighted by atomic mass is 35.5.